The van der Waals surface area contributed by atoms with Crippen LogP contribution in [-0.4, -0.2) is 21.7 Å². The van der Waals surface area contributed by atoms with E-state index < -0.39 is 16.7 Å². The van der Waals surface area contributed by atoms with Crippen LogP contribution in [-0.2, 0) is 4.74 Å². The van der Waals surface area contributed by atoms with Crippen molar-refractivity contribution in [1.29, 1.82) is 0 Å². The first-order chi connectivity index (χ1) is 9.78. The normalized spacial score (nSPS) is 11.2. The first-order valence-corrected chi connectivity index (χ1v) is 6.21. The van der Waals surface area contributed by atoms with E-state index in [0.717, 1.165) is 0 Å². The molecule has 0 bridgehead atoms. The Balaban J connectivity index is 2.40. The van der Waals surface area contributed by atoms with Crippen LogP contribution in [0.1, 0.15) is 20.8 Å². The van der Waals surface area contributed by atoms with E-state index in [1.165, 1.54) is 18.3 Å². The highest BCUT2D eigenvalue weighted by Crippen LogP contribution is 2.31. The molecule has 0 amide bonds. The summed E-state index contributed by atoms with van der Waals surface area (Å²) < 4.78 is 10.1. The maximum absolute atomic E-state index is 11.7. The summed E-state index contributed by atoms with van der Waals surface area (Å²) >= 11 is 0. The van der Waals surface area contributed by atoms with Crippen LogP contribution in [0.3, 0.4) is 0 Å². The van der Waals surface area contributed by atoms with Gasteiger partial charge < -0.3 is 9.47 Å². The minimum atomic E-state index is -0.886. The third-order valence-electron chi connectivity index (χ3n) is 2.49. The maximum atomic E-state index is 11.7. The number of nitrogens with zero attached hydrogens (tertiary/aromatic N) is 2. The molecule has 1 heterocycles. The van der Waals surface area contributed by atoms with E-state index >= 15 is 0 Å². The molecule has 0 atom stereocenters. The van der Waals surface area contributed by atoms with Gasteiger partial charge >= 0.3 is 6.16 Å². The minimum Gasteiger partial charge on any atom is -0.428 e. The quantitative estimate of drug-likeness (QED) is 0.364. The van der Waals surface area contributed by atoms with Crippen molar-refractivity contribution in [3.63, 3.8) is 0 Å². The molecule has 0 unspecified atom stereocenters. The van der Waals surface area contributed by atoms with Crippen LogP contribution in [0.4, 0.5) is 10.5 Å². The van der Waals surface area contributed by atoms with Crippen molar-refractivity contribution in [2.24, 2.45) is 0 Å². The molecular formula is C14H14N2O5. The Morgan fingerprint density at radius 3 is 2.62 bits per heavy atom. The summed E-state index contributed by atoms with van der Waals surface area (Å²) in [6.45, 7) is 5.13. The topological polar surface area (TPSA) is 91.6 Å². The zero-order chi connectivity index (χ0) is 15.6. The van der Waals surface area contributed by atoms with Gasteiger partial charge in [-0.3, -0.25) is 15.1 Å². The van der Waals surface area contributed by atoms with Crippen LogP contribution >= 0.6 is 0 Å². The van der Waals surface area contributed by atoms with Gasteiger partial charge in [0, 0.05) is 12.3 Å². The second-order valence-corrected chi connectivity index (χ2v) is 5.31. The van der Waals surface area contributed by atoms with Crippen LogP contribution in [0.5, 0.6) is 5.75 Å². The van der Waals surface area contributed by atoms with Gasteiger partial charge in [0.15, 0.2) is 5.75 Å². The molecular weight excluding hydrogens is 276 g/mol. The van der Waals surface area contributed by atoms with E-state index in [2.05, 4.69) is 4.98 Å². The second-order valence-electron chi connectivity index (χ2n) is 5.31. The summed E-state index contributed by atoms with van der Waals surface area (Å²) in [6, 6.07) is 5.72. The number of hydrogen-bond acceptors (Lipinski definition) is 6. The standard InChI is InChI=1S/C14H14N2O5/c1-14(2,3)21-13(17)20-11-7-6-10(16(18)19)9-5-4-8-15-12(9)11/h4-8H,1-3H3. The SMILES string of the molecule is CC(C)(C)OC(=O)Oc1ccc([N+](=O)[O-])c2cccnc12. The smallest absolute Gasteiger partial charge is 0.428 e. The fourth-order valence-electron chi connectivity index (χ4n) is 1.73. The number of carbonyl (C=O) groups excluding carboxylic acids is 1. The van der Waals surface area contributed by atoms with Gasteiger partial charge in [-0.1, -0.05) is 0 Å². The average molecular weight is 290 g/mol. The molecule has 7 nitrogen and oxygen atoms in total. The summed E-state index contributed by atoms with van der Waals surface area (Å²) in [6.07, 6.45) is 0.580. The van der Waals surface area contributed by atoms with Crippen molar-refractivity contribution in [1.82, 2.24) is 4.98 Å². The third kappa shape index (κ3) is 3.44. The highest BCUT2D eigenvalue weighted by Gasteiger charge is 2.21. The third-order valence-corrected chi connectivity index (χ3v) is 2.49. The molecule has 0 spiro atoms. The van der Waals surface area contributed by atoms with E-state index in [4.69, 9.17) is 9.47 Å². The van der Waals surface area contributed by atoms with Crippen molar-refractivity contribution >= 4 is 22.7 Å². The van der Waals surface area contributed by atoms with Crippen LogP contribution < -0.4 is 4.74 Å². The van der Waals surface area contributed by atoms with E-state index in [9.17, 15) is 14.9 Å². The monoisotopic (exact) mass is 290 g/mol. The highest BCUT2D eigenvalue weighted by molar-refractivity contribution is 5.93. The Hall–Kier alpha value is -2.70. The number of carbonyl (C=O) groups is 1. The molecule has 110 valence electrons. The summed E-state index contributed by atoms with van der Waals surface area (Å²) in [5, 5.41) is 11.3. The van der Waals surface area contributed by atoms with Crippen LogP contribution in [0.25, 0.3) is 10.9 Å². The summed E-state index contributed by atoms with van der Waals surface area (Å²) in [5.74, 6) is 0.116. The Kier molecular flexibility index (Phi) is 3.75. The first-order valence-electron chi connectivity index (χ1n) is 6.21. The summed E-state index contributed by atoms with van der Waals surface area (Å²) in [4.78, 5) is 26.2. The summed E-state index contributed by atoms with van der Waals surface area (Å²) in [7, 11) is 0. The lowest BCUT2D eigenvalue weighted by atomic mass is 10.1. The molecule has 0 saturated carbocycles. The van der Waals surface area contributed by atoms with Gasteiger partial charge in [-0.25, -0.2) is 4.79 Å². The Morgan fingerprint density at radius 2 is 2.00 bits per heavy atom. The number of benzene rings is 1. The van der Waals surface area contributed by atoms with Gasteiger partial charge in [0.25, 0.3) is 5.69 Å². The Bertz CT molecular complexity index is 706. The van der Waals surface area contributed by atoms with Crippen LogP contribution in [0, 0.1) is 10.1 Å². The molecule has 21 heavy (non-hydrogen) atoms. The van der Waals surface area contributed by atoms with Gasteiger partial charge in [0.1, 0.15) is 11.1 Å². The number of nitro benzene ring substituents is 1. The number of hydrogen-bond donors (Lipinski definition) is 0. The number of nitro groups is 1. The minimum absolute atomic E-state index is 0.102. The fraction of sp³-hybridized carbons (Fsp3) is 0.286. The molecule has 1 aromatic carbocycles. The van der Waals surface area contributed by atoms with Gasteiger partial charge in [-0.15, -0.1) is 0 Å². The van der Waals surface area contributed by atoms with Crippen molar-refractivity contribution < 1.29 is 19.2 Å². The van der Waals surface area contributed by atoms with E-state index in [-0.39, 0.29) is 17.0 Å². The number of fused-ring (bicyclic) bond motifs is 1. The second kappa shape index (κ2) is 5.35. The molecule has 7 heteroatoms. The van der Waals surface area contributed by atoms with E-state index in [0.29, 0.717) is 5.39 Å². The maximum Gasteiger partial charge on any atom is 0.514 e. The number of rotatable bonds is 2. The number of aromatic nitrogens is 1. The molecule has 0 fully saturated rings. The zero-order valence-electron chi connectivity index (χ0n) is 11.8. The van der Waals surface area contributed by atoms with Crippen molar-refractivity contribution in [3.05, 3.63) is 40.6 Å². The molecule has 0 N–H and O–H groups in total. The molecule has 2 rings (SSSR count). The molecule has 0 saturated heterocycles. The molecule has 0 aliphatic heterocycles. The summed E-state index contributed by atoms with van der Waals surface area (Å²) in [5.41, 5.74) is -0.562. The number of pyridine rings is 1. The van der Waals surface area contributed by atoms with Crippen LogP contribution in [0.2, 0.25) is 0 Å². The van der Waals surface area contributed by atoms with Gasteiger partial charge in [-0.2, -0.15) is 0 Å². The van der Waals surface area contributed by atoms with Crippen molar-refractivity contribution in [2.75, 3.05) is 0 Å². The number of non-ortho nitro benzene ring substituents is 1. The average Bonchev–Trinajstić information content (AvgIpc) is 2.36. The number of ether oxygens (including phenoxy) is 2. The first kappa shape index (κ1) is 14.7. The Labute approximate surface area is 120 Å². The fourth-order valence-corrected chi connectivity index (χ4v) is 1.73. The largest absolute Gasteiger partial charge is 0.514 e. The molecule has 0 radical (unpaired) electrons. The lowest BCUT2D eigenvalue weighted by Gasteiger charge is -2.18. The molecule has 0 aliphatic rings. The molecule has 0 aliphatic carbocycles. The van der Waals surface area contributed by atoms with Gasteiger partial charge in [0.05, 0.1) is 10.3 Å². The predicted octanol–water partition coefficient (Wildman–Crippen LogP) is 3.46. The van der Waals surface area contributed by atoms with E-state index in [1.54, 1.807) is 32.9 Å². The molecule has 1 aromatic heterocycles. The van der Waals surface area contributed by atoms with Crippen LogP contribution in [0.15, 0.2) is 30.5 Å². The lowest BCUT2D eigenvalue weighted by Crippen LogP contribution is -2.26. The predicted molar refractivity (Wildman–Crippen MR) is 75.3 cm³/mol. The van der Waals surface area contributed by atoms with Crippen molar-refractivity contribution in [3.8, 4) is 5.75 Å². The van der Waals surface area contributed by atoms with E-state index in [1.807, 2.05) is 0 Å². The lowest BCUT2D eigenvalue weighted by molar-refractivity contribution is -0.383. The zero-order valence-corrected chi connectivity index (χ0v) is 11.8. The highest BCUT2D eigenvalue weighted by atomic mass is 16.7. The van der Waals surface area contributed by atoms with Gasteiger partial charge in [0.2, 0.25) is 0 Å². The Morgan fingerprint density at radius 1 is 1.29 bits per heavy atom. The molecule has 2 aromatic rings. The van der Waals surface area contributed by atoms with Gasteiger partial charge in [-0.05, 0) is 39.0 Å². The van der Waals surface area contributed by atoms with Crippen molar-refractivity contribution in [2.45, 2.75) is 26.4 Å².